The number of nitriles is 1. The van der Waals surface area contributed by atoms with Crippen LogP contribution in [0.15, 0.2) is 219 Å². The van der Waals surface area contributed by atoms with E-state index in [1.165, 1.54) is 154 Å². The van der Waals surface area contributed by atoms with Crippen molar-refractivity contribution in [2.24, 2.45) is 11.8 Å². The lowest BCUT2D eigenvalue weighted by molar-refractivity contribution is 0.224. The number of unbranched alkanes of at least 4 members (excludes halogenated alkanes) is 20. The Bertz CT molecular complexity index is 4750. The molecule has 0 fully saturated rings. The van der Waals surface area contributed by atoms with Gasteiger partial charge in [0.2, 0.25) is 5.70 Å². The molecule has 0 saturated heterocycles. The fraction of sp³-hybridized carbons (Fsp3) is 0.380. The van der Waals surface area contributed by atoms with Crippen LogP contribution < -0.4 is 42.0 Å². The average molecular weight is 1480 g/mol. The van der Waals surface area contributed by atoms with Crippen LogP contribution in [-0.2, 0) is 0 Å². The molecule has 12 rings (SSSR count). The molecular weight excluding hydrogens is 1370 g/mol. The van der Waals surface area contributed by atoms with Crippen LogP contribution >= 0.6 is 0 Å². The molecule has 0 N–H and O–H groups in total. The summed E-state index contributed by atoms with van der Waals surface area (Å²) >= 11 is 0. The zero-order valence-corrected chi connectivity index (χ0v) is 67.7. The molecule has 0 bridgehead atoms. The van der Waals surface area contributed by atoms with Crippen molar-refractivity contribution in [3.05, 3.63) is 263 Å². The molecule has 574 valence electrons. The summed E-state index contributed by atoms with van der Waals surface area (Å²) in [5.74, 6) is 2.27. The van der Waals surface area contributed by atoms with Gasteiger partial charge < -0.3 is 18.4 Å². The fourth-order valence-corrected chi connectivity index (χ4v) is 16.8. The standard InChI is InChI=1S/C100H116B2N8O2/c1-8-12-16-20-24-32-46-77(47-33-25-21-17-13-9-2)73-111-85-60-44-50-79(68-85)97-94-95(100(96(104-7)93-72-106-91-67-76(6)63-65-89(91)108-93)110(97)102(83-56-40-30-41-57-83)84-58-42-31-43-59-84)98(80-51-45-61-86(69-80)112-74-78(48-34-26-22-18-14-10-3)49-35-27-23-19-15-11-4)109(101(81-52-36-28-37-53-81)82-54-38-29-39-55-82)99(94)87(70-103)92-71-105-90-66-75(5)62-64-88(90)107-92/h28-31,36-45,50-69,71-72,77-78H,8-27,32-35,46-49,73-74H2,1-6H3/b99-87-,100-96+. The van der Waals surface area contributed by atoms with E-state index in [2.05, 4.69) is 251 Å². The van der Waals surface area contributed by atoms with Gasteiger partial charge in [-0.15, -0.1) is 0 Å². The molecule has 0 atom stereocenters. The van der Waals surface area contributed by atoms with Crippen LogP contribution in [-0.4, -0.2) is 55.8 Å². The zero-order valence-electron chi connectivity index (χ0n) is 67.7. The Morgan fingerprint density at radius 2 is 0.750 bits per heavy atom. The largest absolute Gasteiger partial charge is 0.493 e. The summed E-state index contributed by atoms with van der Waals surface area (Å²) in [4.78, 5) is 26.2. The third kappa shape index (κ3) is 20.9. The monoisotopic (exact) mass is 1480 g/mol. The van der Waals surface area contributed by atoms with Gasteiger partial charge in [0, 0.05) is 44.8 Å². The molecule has 0 aliphatic heterocycles. The highest BCUT2D eigenvalue weighted by molar-refractivity contribution is 6.85. The molecule has 0 saturated carbocycles. The summed E-state index contributed by atoms with van der Waals surface area (Å²) in [5.41, 5.74) is 13.6. The molecular formula is C100H116B2N8O2. The highest BCUT2D eigenvalue weighted by Gasteiger charge is 2.38. The Kier molecular flexibility index (Phi) is 30.7. The maximum Gasteiger partial charge on any atom is 0.328 e. The topological polar surface area (TPSA) is 108 Å². The van der Waals surface area contributed by atoms with Gasteiger partial charge >= 0.3 is 13.7 Å². The Hall–Kier alpha value is -10.3. The number of benzene rings is 8. The molecule has 10 nitrogen and oxygen atoms in total. The number of ether oxygens (including phenoxy) is 2. The first-order valence-corrected chi connectivity index (χ1v) is 42.7. The highest BCUT2D eigenvalue weighted by atomic mass is 16.5. The smallest absolute Gasteiger partial charge is 0.328 e. The maximum atomic E-state index is 12.9. The van der Waals surface area contributed by atoms with E-state index < -0.39 is 13.7 Å². The molecule has 4 aromatic heterocycles. The van der Waals surface area contributed by atoms with Crippen LogP contribution in [0, 0.1) is 43.6 Å². The van der Waals surface area contributed by atoms with E-state index in [0.717, 1.165) is 114 Å². The Morgan fingerprint density at radius 3 is 1.12 bits per heavy atom. The van der Waals surface area contributed by atoms with Crippen LogP contribution in [0.2, 0.25) is 0 Å². The number of nitrogens with zero attached hydrogens (tertiary/aromatic N) is 8. The van der Waals surface area contributed by atoms with Gasteiger partial charge in [-0.3, -0.25) is 15.0 Å². The summed E-state index contributed by atoms with van der Waals surface area (Å²) in [7, 11) is 0. The first-order valence-electron chi connectivity index (χ1n) is 42.7. The van der Waals surface area contributed by atoms with Gasteiger partial charge in [0.1, 0.15) is 28.8 Å². The SMILES string of the molecule is [C-]#[N+]/C(c1cnc2cc(C)ccc2n1)=c1\c2c(-c3cccc(OCC(CCCCCCCC)CCCCCCCC)c3)n(B(c3ccccc3)c3ccccc3)/c(=C(/C#N)c3cnc4cc(C)ccc4n3)c2c(-c2cccc(OCC(CCCCCCCC)CCCCCCCC)c2)n1B(c1ccccc1)c1ccccc1. The maximum absolute atomic E-state index is 12.9. The van der Waals surface area contributed by atoms with Crippen LogP contribution in [0.5, 0.6) is 11.5 Å². The molecule has 112 heavy (non-hydrogen) atoms. The normalized spacial score (nSPS) is 12.1. The summed E-state index contributed by atoms with van der Waals surface area (Å²) in [5, 5.41) is 15.6. The van der Waals surface area contributed by atoms with Crippen LogP contribution in [0.3, 0.4) is 0 Å². The molecule has 0 aliphatic rings. The number of hydrogen-bond acceptors (Lipinski definition) is 7. The number of hydrogen-bond donors (Lipinski definition) is 0. The van der Waals surface area contributed by atoms with Crippen molar-refractivity contribution in [1.82, 2.24) is 28.9 Å². The lowest BCUT2D eigenvalue weighted by atomic mass is 9.50. The molecule has 0 unspecified atom stereocenters. The summed E-state index contributed by atoms with van der Waals surface area (Å²) in [6, 6.07) is 75.3. The fourth-order valence-electron chi connectivity index (χ4n) is 16.8. The van der Waals surface area contributed by atoms with E-state index in [-0.39, 0.29) is 0 Å². The summed E-state index contributed by atoms with van der Waals surface area (Å²) < 4.78 is 19.5. The molecule has 12 aromatic rings. The number of aryl methyl sites for hydroxylation is 2. The van der Waals surface area contributed by atoms with Crippen molar-refractivity contribution in [2.75, 3.05) is 13.2 Å². The predicted octanol–water partition coefficient (Wildman–Crippen LogP) is 22.4. The molecule has 0 amide bonds. The quantitative estimate of drug-likeness (QED) is 0.0213. The second-order valence-electron chi connectivity index (χ2n) is 31.4. The van der Waals surface area contributed by atoms with Gasteiger partial charge in [0.05, 0.1) is 59.1 Å². The summed E-state index contributed by atoms with van der Waals surface area (Å²) in [6.07, 6.45) is 38.0. The van der Waals surface area contributed by atoms with E-state index in [1.54, 1.807) is 12.4 Å². The Morgan fingerprint density at radius 1 is 0.402 bits per heavy atom. The van der Waals surface area contributed by atoms with E-state index in [9.17, 15) is 11.8 Å². The van der Waals surface area contributed by atoms with Crippen LogP contribution in [0.1, 0.15) is 230 Å². The van der Waals surface area contributed by atoms with Crippen molar-refractivity contribution in [2.45, 2.75) is 221 Å². The van der Waals surface area contributed by atoms with E-state index in [4.69, 9.17) is 34.3 Å². The number of aromatic nitrogens is 6. The second-order valence-corrected chi connectivity index (χ2v) is 31.4. The molecule has 0 aliphatic carbocycles. The van der Waals surface area contributed by atoms with Crippen molar-refractivity contribution in [1.29, 1.82) is 5.26 Å². The van der Waals surface area contributed by atoms with Gasteiger partial charge in [-0.2, -0.15) is 5.26 Å². The van der Waals surface area contributed by atoms with Gasteiger partial charge in [0.15, 0.2) is 0 Å². The number of rotatable bonds is 44. The average Bonchev–Trinajstić information content (AvgIpc) is 1.52. The number of fused-ring (bicyclic) bond motifs is 3. The second kappa shape index (κ2) is 42.4. The third-order valence-electron chi connectivity index (χ3n) is 22.8. The van der Waals surface area contributed by atoms with E-state index in [0.29, 0.717) is 69.4 Å². The van der Waals surface area contributed by atoms with Gasteiger partial charge in [0.25, 0.3) is 0 Å². The van der Waals surface area contributed by atoms with Crippen molar-refractivity contribution in [3.63, 3.8) is 0 Å². The third-order valence-corrected chi connectivity index (χ3v) is 22.8. The molecule has 12 heteroatoms. The highest BCUT2D eigenvalue weighted by Crippen LogP contribution is 2.39. The molecule has 8 aromatic carbocycles. The minimum Gasteiger partial charge on any atom is -0.493 e. The van der Waals surface area contributed by atoms with Crippen LogP contribution in [0.25, 0.3) is 71.5 Å². The predicted molar refractivity (Wildman–Crippen MR) is 472 cm³/mol. The van der Waals surface area contributed by atoms with Crippen molar-refractivity contribution < 1.29 is 9.47 Å². The molecule has 0 radical (unpaired) electrons. The zero-order chi connectivity index (χ0) is 77.6. The molecule has 4 heterocycles. The Labute approximate surface area is 669 Å². The lowest BCUT2D eigenvalue weighted by Crippen LogP contribution is -2.54. The first-order chi connectivity index (χ1) is 55.2. The van der Waals surface area contributed by atoms with E-state index >= 15 is 0 Å². The van der Waals surface area contributed by atoms with Crippen LogP contribution in [0.4, 0.5) is 0 Å². The minimum absolute atomic E-state index is 0.294. The van der Waals surface area contributed by atoms with Gasteiger partial charge in [-0.1, -0.05) is 361 Å². The summed E-state index contributed by atoms with van der Waals surface area (Å²) in [6.45, 7) is 23.3. The minimum atomic E-state index is -0.596. The van der Waals surface area contributed by atoms with Gasteiger partial charge in [-0.05, 0) is 111 Å². The lowest BCUT2D eigenvalue weighted by Gasteiger charge is -2.25. The van der Waals surface area contributed by atoms with Gasteiger partial charge in [-0.25, -0.2) is 9.83 Å². The van der Waals surface area contributed by atoms with Crippen molar-refractivity contribution in [3.8, 4) is 40.1 Å². The first kappa shape index (κ1) is 81.2. The Balaban J connectivity index is 1.23. The van der Waals surface area contributed by atoms with E-state index in [1.807, 2.05) is 12.1 Å². The van der Waals surface area contributed by atoms with Crippen molar-refractivity contribution >= 4 is 79.7 Å². The molecule has 0 spiro atoms.